The quantitative estimate of drug-likeness (QED) is 0.422. The Labute approximate surface area is 188 Å². The van der Waals surface area contributed by atoms with E-state index in [9.17, 15) is 14.4 Å². The van der Waals surface area contributed by atoms with Crippen LogP contribution in [0.25, 0.3) is 6.08 Å². The van der Waals surface area contributed by atoms with E-state index in [-0.39, 0.29) is 25.0 Å². The summed E-state index contributed by atoms with van der Waals surface area (Å²) in [6.45, 7) is 1.84. The fourth-order valence-electron chi connectivity index (χ4n) is 2.82. The van der Waals surface area contributed by atoms with Gasteiger partial charge in [0.2, 0.25) is 0 Å². The smallest absolute Gasteiger partial charge is 0.344 e. The second-order valence-electron chi connectivity index (χ2n) is 6.36. The topological polar surface area (TPSA) is 82.1 Å². The molecule has 162 valence electrons. The van der Waals surface area contributed by atoms with Crippen molar-refractivity contribution < 1.29 is 28.6 Å². The van der Waals surface area contributed by atoms with Gasteiger partial charge in [0.25, 0.3) is 11.1 Å². The van der Waals surface area contributed by atoms with E-state index in [2.05, 4.69) is 0 Å². The average Bonchev–Trinajstić information content (AvgIpc) is 3.01. The molecule has 1 aliphatic heterocycles. The van der Waals surface area contributed by atoms with Crippen LogP contribution >= 0.6 is 23.4 Å². The summed E-state index contributed by atoms with van der Waals surface area (Å²) in [5.74, 6) is -0.134. The lowest BCUT2D eigenvalue weighted by Crippen LogP contribution is -2.27. The van der Waals surface area contributed by atoms with Gasteiger partial charge in [0.15, 0.2) is 18.1 Å². The predicted molar refractivity (Wildman–Crippen MR) is 118 cm³/mol. The van der Waals surface area contributed by atoms with E-state index in [0.717, 1.165) is 16.7 Å². The first-order chi connectivity index (χ1) is 14.9. The Kier molecular flexibility index (Phi) is 7.59. The van der Waals surface area contributed by atoms with Gasteiger partial charge in [0, 0.05) is 5.02 Å². The van der Waals surface area contributed by atoms with Crippen molar-refractivity contribution in [2.75, 3.05) is 20.3 Å². The molecule has 1 saturated heterocycles. The minimum Gasteiger partial charge on any atom is -0.493 e. The van der Waals surface area contributed by atoms with Gasteiger partial charge in [0.1, 0.15) is 0 Å². The second kappa shape index (κ2) is 10.4. The molecule has 0 aliphatic carbocycles. The molecule has 2 aromatic carbocycles. The zero-order chi connectivity index (χ0) is 22.4. The maximum atomic E-state index is 12.8. The van der Waals surface area contributed by atoms with Gasteiger partial charge in [-0.3, -0.25) is 14.5 Å². The lowest BCUT2D eigenvalue weighted by molar-refractivity contribution is -0.145. The number of hydrogen-bond donors (Lipinski definition) is 0. The first-order valence-corrected chi connectivity index (χ1v) is 10.6. The molecule has 0 atom stereocenters. The Morgan fingerprint density at radius 1 is 1.16 bits per heavy atom. The monoisotopic (exact) mass is 461 g/mol. The Hall–Kier alpha value is -2.97. The van der Waals surface area contributed by atoms with E-state index in [1.54, 1.807) is 55.5 Å². The summed E-state index contributed by atoms with van der Waals surface area (Å²) in [7, 11) is 1.47. The van der Waals surface area contributed by atoms with Crippen molar-refractivity contribution in [1.29, 1.82) is 0 Å². The molecule has 0 N–H and O–H groups in total. The lowest BCUT2D eigenvalue weighted by Gasteiger charge is -2.13. The third-order valence-electron chi connectivity index (χ3n) is 4.30. The number of methoxy groups -OCH3 is 1. The number of amides is 2. The number of esters is 1. The van der Waals surface area contributed by atoms with Crippen LogP contribution in [-0.4, -0.2) is 42.3 Å². The molecule has 0 spiro atoms. The summed E-state index contributed by atoms with van der Waals surface area (Å²) in [6, 6.07) is 12.0. The van der Waals surface area contributed by atoms with Gasteiger partial charge in [-0.25, -0.2) is 4.79 Å². The van der Waals surface area contributed by atoms with Crippen LogP contribution in [0.2, 0.25) is 5.02 Å². The standard InChI is InChI=1S/C22H20ClNO6S/c1-3-29-20(25)13-30-17-9-8-14(10-18(17)28-2)11-19-21(26)24(22(27)31-19)12-15-6-4-5-7-16(15)23/h4-11H,3,12-13H2,1-2H3/b19-11-. The zero-order valence-electron chi connectivity index (χ0n) is 16.9. The highest BCUT2D eigenvalue weighted by Crippen LogP contribution is 2.35. The molecule has 7 nitrogen and oxygen atoms in total. The minimum absolute atomic E-state index is 0.103. The van der Waals surface area contributed by atoms with Crippen molar-refractivity contribution in [3.8, 4) is 11.5 Å². The van der Waals surface area contributed by atoms with Gasteiger partial charge in [0.05, 0.1) is 25.2 Å². The highest BCUT2D eigenvalue weighted by molar-refractivity contribution is 8.18. The van der Waals surface area contributed by atoms with Crippen molar-refractivity contribution in [2.24, 2.45) is 0 Å². The van der Waals surface area contributed by atoms with E-state index in [1.165, 1.54) is 7.11 Å². The van der Waals surface area contributed by atoms with E-state index in [4.69, 9.17) is 25.8 Å². The van der Waals surface area contributed by atoms with Crippen molar-refractivity contribution in [2.45, 2.75) is 13.5 Å². The SMILES string of the molecule is CCOC(=O)COc1ccc(/C=C2\SC(=O)N(Cc3ccccc3Cl)C2=O)cc1OC. The molecule has 31 heavy (non-hydrogen) atoms. The highest BCUT2D eigenvalue weighted by Gasteiger charge is 2.35. The maximum absolute atomic E-state index is 12.8. The van der Waals surface area contributed by atoms with Gasteiger partial charge in [-0.15, -0.1) is 0 Å². The predicted octanol–water partition coefficient (Wildman–Crippen LogP) is 4.53. The number of benzene rings is 2. The van der Waals surface area contributed by atoms with E-state index >= 15 is 0 Å². The van der Waals surface area contributed by atoms with Crippen LogP contribution in [0.4, 0.5) is 4.79 Å². The molecule has 0 bridgehead atoms. The zero-order valence-corrected chi connectivity index (χ0v) is 18.5. The van der Waals surface area contributed by atoms with E-state index in [1.807, 2.05) is 0 Å². The van der Waals surface area contributed by atoms with Gasteiger partial charge >= 0.3 is 5.97 Å². The molecule has 0 saturated carbocycles. The van der Waals surface area contributed by atoms with E-state index < -0.39 is 11.9 Å². The number of rotatable bonds is 8. The molecule has 2 amide bonds. The van der Waals surface area contributed by atoms with Crippen LogP contribution in [0.1, 0.15) is 18.1 Å². The van der Waals surface area contributed by atoms with Crippen molar-refractivity contribution >= 4 is 46.6 Å². The van der Waals surface area contributed by atoms with Crippen LogP contribution in [-0.2, 0) is 20.9 Å². The second-order valence-corrected chi connectivity index (χ2v) is 7.76. The molecule has 2 aromatic rings. The highest BCUT2D eigenvalue weighted by atomic mass is 35.5. The van der Waals surface area contributed by atoms with Crippen LogP contribution in [0.5, 0.6) is 11.5 Å². The molecule has 0 radical (unpaired) electrons. The van der Waals surface area contributed by atoms with Crippen LogP contribution in [0, 0.1) is 0 Å². The fraction of sp³-hybridized carbons (Fsp3) is 0.227. The number of nitrogens with zero attached hydrogens (tertiary/aromatic N) is 1. The molecule has 1 aliphatic rings. The van der Waals surface area contributed by atoms with Crippen LogP contribution in [0.15, 0.2) is 47.4 Å². The lowest BCUT2D eigenvalue weighted by atomic mass is 10.1. The summed E-state index contributed by atoms with van der Waals surface area (Å²) in [4.78, 5) is 38.1. The van der Waals surface area contributed by atoms with Gasteiger partial charge in [-0.1, -0.05) is 35.9 Å². The molecule has 0 unspecified atom stereocenters. The summed E-state index contributed by atoms with van der Waals surface area (Å²) in [6.07, 6.45) is 1.61. The normalized spacial score (nSPS) is 14.8. The van der Waals surface area contributed by atoms with Gasteiger partial charge in [-0.2, -0.15) is 0 Å². The fourth-order valence-corrected chi connectivity index (χ4v) is 3.85. The largest absolute Gasteiger partial charge is 0.493 e. The number of imide groups is 1. The van der Waals surface area contributed by atoms with E-state index in [0.29, 0.717) is 32.6 Å². The molecule has 0 aromatic heterocycles. The Morgan fingerprint density at radius 3 is 2.65 bits per heavy atom. The third-order valence-corrected chi connectivity index (χ3v) is 5.57. The maximum Gasteiger partial charge on any atom is 0.344 e. The Bertz CT molecular complexity index is 1040. The summed E-state index contributed by atoms with van der Waals surface area (Å²) >= 11 is 7.01. The molecule has 3 rings (SSSR count). The summed E-state index contributed by atoms with van der Waals surface area (Å²) in [5.41, 5.74) is 1.33. The summed E-state index contributed by atoms with van der Waals surface area (Å²) in [5, 5.41) is 0.131. The number of hydrogen-bond acceptors (Lipinski definition) is 7. The Balaban J connectivity index is 1.75. The van der Waals surface area contributed by atoms with Crippen LogP contribution in [0.3, 0.4) is 0 Å². The number of carbonyl (C=O) groups excluding carboxylic acids is 3. The van der Waals surface area contributed by atoms with Crippen molar-refractivity contribution in [3.05, 3.63) is 63.5 Å². The van der Waals surface area contributed by atoms with Crippen LogP contribution < -0.4 is 9.47 Å². The summed E-state index contributed by atoms with van der Waals surface area (Å²) < 4.78 is 15.6. The van der Waals surface area contributed by atoms with Gasteiger partial charge in [-0.05, 0) is 54.1 Å². The molecule has 9 heteroatoms. The van der Waals surface area contributed by atoms with Crippen molar-refractivity contribution in [1.82, 2.24) is 4.90 Å². The average molecular weight is 462 g/mol. The Morgan fingerprint density at radius 2 is 1.94 bits per heavy atom. The number of halogens is 1. The van der Waals surface area contributed by atoms with Gasteiger partial charge < -0.3 is 14.2 Å². The molecule has 1 heterocycles. The third kappa shape index (κ3) is 5.59. The molecular weight excluding hydrogens is 442 g/mol. The minimum atomic E-state index is -0.485. The van der Waals surface area contributed by atoms with Crippen molar-refractivity contribution in [3.63, 3.8) is 0 Å². The first-order valence-electron chi connectivity index (χ1n) is 9.38. The number of ether oxygens (including phenoxy) is 3. The molecule has 1 fully saturated rings. The number of thioether (sulfide) groups is 1. The number of carbonyl (C=O) groups is 3. The first kappa shape index (κ1) is 22.7. The molecular formula is C22H20ClNO6S.